The maximum atomic E-state index is 5.66. The summed E-state index contributed by atoms with van der Waals surface area (Å²) in [6.45, 7) is 9.62. The third kappa shape index (κ3) is 2.88. The Labute approximate surface area is 129 Å². The van der Waals surface area contributed by atoms with E-state index in [1.165, 1.54) is 16.1 Å². The summed E-state index contributed by atoms with van der Waals surface area (Å²) >= 11 is 1.74. The number of thiazole rings is 1. The van der Waals surface area contributed by atoms with Gasteiger partial charge < -0.3 is 4.74 Å². The van der Waals surface area contributed by atoms with Crippen LogP contribution in [0.15, 0.2) is 6.20 Å². The van der Waals surface area contributed by atoms with Crippen molar-refractivity contribution < 1.29 is 4.74 Å². The molecule has 3 rings (SSSR count). The number of hydrogen-bond donors (Lipinski definition) is 0. The topological polar surface area (TPSA) is 43.2 Å². The van der Waals surface area contributed by atoms with E-state index in [1.807, 2.05) is 6.20 Å². The average molecular weight is 306 g/mol. The lowest BCUT2D eigenvalue weighted by atomic mass is 10.0. The van der Waals surface area contributed by atoms with Crippen molar-refractivity contribution in [2.75, 3.05) is 26.8 Å². The number of ether oxygens (including phenoxy) is 1. The van der Waals surface area contributed by atoms with Crippen LogP contribution in [0.25, 0.3) is 0 Å². The first-order valence-corrected chi connectivity index (χ1v) is 8.11. The summed E-state index contributed by atoms with van der Waals surface area (Å²) in [5.74, 6) is 0. The molecule has 1 aliphatic rings. The minimum Gasteiger partial charge on any atom is -0.378 e. The number of rotatable bonds is 3. The molecule has 0 N–H and O–H groups in total. The zero-order chi connectivity index (χ0) is 15.0. The molecule has 0 aromatic carbocycles. The van der Waals surface area contributed by atoms with Gasteiger partial charge in [0.1, 0.15) is 5.01 Å². The third-order valence-corrected chi connectivity index (χ3v) is 5.02. The number of nitrogens with zero attached hydrogens (tertiary/aromatic N) is 4. The first kappa shape index (κ1) is 14.7. The number of aryl methyl sites for hydroxylation is 2. The molecule has 1 saturated heterocycles. The molecule has 114 valence electrons. The first-order chi connectivity index (χ1) is 10.1. The average Bonchev–Trinajstić information content (AvgIpc) is 2.96. The molecule has 1 atom stereocenters. The monoisotopic (exact) mass is 306 g/mol. The summed E-state index contributed by atoms with van der Waals surface area (Å²) in [6.07, 6.45) is 1.93. The normalized spacial score (nSPS) is 20.1. The van der Waals surface area contributed by atoms with Crippen molar-refractivity contribution in [1.29, 1.82) is 0 Å². The molecule has 2 aromatic rings. The summed E-state index contributed by atoms with van der Waals surface area (Å²) in [5, 5.41) is 5.83. The van der Waals surface area contributed by atoms with Crippen molar-refractivity contribution in [2.24, 2.45) is 0 Å². The van der Waals surface area contributed by atoms with E-state index in [0.29, 0.717) is 6.04 Å². The number of aromatic nitrogens is 3. The van der Waals surface area contributed by atoms with Crippen LogP contribution in [0.1, 0.15) is 32.9 Å². The molecular formula is C15H22N4OS. The second-order valence-electron chi connectivity index (χ2n) is 5.68. The van der Waals surface area contributed by atoms with Gasteiger partial charge in [0, 0.05) is 28.9 Å². The van der Waals surface area contributed by atoms with Gasteiger partial charge in [-0.3, -0.25) is 9.58 Å². The molecule has 2 aromatic heterocycles. The highest BCUT2D eigenvalue weighted by Crippen LogP contribution is 2.28. The predicted molar refractivity (Wildman–Crippen MR) is 83.8 cm³/mol. The zero-order valence-electron chi connectivity index (χ0n) is 13.1. The van der Waals surface area contributed by atoms with E-state index in [0.717, 1.165) is 37.0 Å². The molecule has 5 nitrogen and oxygen atoms in total. The van der Waals surface area contributed by atoms with Crippen molar-refractivity contribution in [3.8, 4) is 0 Å². The van der Waals surface area contributed by atoms with E-state index in [-0.39, 0.29) is 0 Å². The van der Waals surface area contributed by atoms with Crippen LogP contribution < -0.4 is 0 Å². The van der Waals surface area contributed by atoms with Gasteiger partial charge in [0.05, 0.1) is 31.5 Å². The SMILES string of the molecule is Cc1cnc(Cn2nc(C)c(C3COCCN3C)c2C)s1. The molecule has 21 heavy (non-hydrogen) atoms. The van der Waals surface area contributed by atoms with Gasteiger partial charge in [0.15, 0.2) is 0 Å². The minimum absolute atomic E-state index is 0.311. The Morgan fingerprint density at radius 1 is 1.38 bits per heavy atom. The van der Waals surface area contributed by atoms with Crippen LogP contribution in [0, 0.1) is 20.8 Å². The quantitative estimate of drug-likeness (QED) is 0.873. The molecule has 3 heterocycles. The second-order valence-corrected chi connectivity index (χ2v) is 7.00. The van der Waals surface area contributed by atoms with Crippen molar-refractivity contribution in [1.82, 2.24) is 19.7 Å². The highest BCUT2D eigenvalue weighted by Gasteiger charge is 2.27. The lowest BCUT2D eigenvalue weighted by Crippen LogP contribution is -2.37. The smallest absolute Gasteiger partial charge is 0.114 e. The first-order valence-electron chi connectivity index (χ1n) is 7.29. The number of likely N-dealkylation sites (N-methyl/N-ethyl adjacent to an activating group) is 1. The fourth-order valence-corrected chi connectivity index (χ4v) is 3.71. The van der Waals surface area contributed by atoms with E-state index < -0.39 is 0 Å². The third-order valence-electron chi connectivity index (χ3n) is 4.12. The Bertz CT molecular complexity index is 634. The van der Waals surface area contributed by atoms with Crippen molar-refractivity contribution in [3.63, 3.8) is 0 Å². The standard InChI is InChI=1S/C15H22N4OS/c1-10-7-16-14(21-10)8-19-12(3)15(11(2)17-19)13-9-20-6-5-18(13)4/h7,13H,5-6,8-9H2,1-4H3. The van der Waals surface area contributed by atoms with Gasteiger partial charge in [0.25, 0.3) is 0 Å². The van der Waals surface area contributed by atoms with Crippen molar-refractivity contribution in [3.05, 3.63) is 33.0 Å². The van der Waals surface area contributed by atoms with Crippen LogP contribution in [0.4, 0.5) is 0 Å². The summed E-state index contributed by atoms with van der Waals surface area (Å²) in [4.78, 5) is 8.04. The summed E-state index contributed by atoms with van der Waals surface area (Å²) < 4.78 is 7.73. The van der Waals surface area contributed by atoms with Crippen LogP contribution in [-0.2, 0) is 11.3 Å². The van der Waals surface area contributed by atoms with Gasteiger partial charge in [-0.25, -0.2) is 4.98 Å². The Morgan fingerprint density at radius 3 is 2.86 bits per heavy atom. The van der Waals surface area contributed by atoms with Crippen molar-refractivity contribution >= 4 is 11.3 Å². The number of morpholine rings is 1. The Kier molecular flexibility index (Phi) is 4.10. The molecule has 0 spiro atoms. The lowest BCUT2D eigenvalue weighted by molar-refractivity contribution is 0.00457. The Hall–Kier alpha value is -1.24. The van der Waals surface area contributed by atoms with Crippen LogP contribution in [-0.4, -0.2) is 46.5 Å². The van der Waals surface area contributed by atoms with E-state index in [4.69, 9.17) is 9.84 Å². The van der Waals surface area contributed by atoms with E-state index in [2.05, 4.69) is 42.4 Å². The molecule has 1 unspecified atom stereocenters. The molecule has 6 heteroatoms. The molecule has 0 radical (unpaired) electrons. The van der Waals surface area contributed by atoms with Crippen LogP contribution in [0.3, 0.4) is 0 Å². The second kappa shape index (κ2) is 5.87. The maximum Gasteiger partial charge on any atom is 0.114 e. The van der Waals surface area contributed by atoms with Gasteiger partial charge in [-0.2, -0.15) is 5.10 Å². The van der Waals surface area contributed by atoms with Crippen molar-refractivity contribution in [2.45, 2.75) is 33.4 Å². The molecule has 1 aliphatic heterocycles. The molecule has 0 aliphatic carbocycles. The highest BCUT2D eigenvalue weighted by atomic mass is 32.1. The lowest BCUT2D eigenvalue weighted by Gasteiger charge is -2.32. The fraction of sp³-hybridized carbons (Fsp3) is 0.600. The van der Waals surface area contributed by atoms with Gasteiger partial charge >= 0.3 is 0 Å². The highest BCUT2D eigenvalue weighted by molar-refractivity contribution is 7.11. The molecular weight excluding hydrogens is 284 g/mol. The van der Waals surface area contributed by atoms with Crippen LogP contribution in [0.2, 0.25) is 0 Å². The molecule has 1 fully saturated rings. The summed E-state index contributed by atoms with van der Waals surface area (Å²) in [7, 11) is 2.16. The largest absolute Gasteiger partial charge is 0.378 e. The Morgan fingerprint density at radius 2 is 2.19 bits per heavy atom. The fourth-order valence-electron chi connectivity index (χ4n) is 2.94. The molecule has 0 saturated carbocycles. The van der Waals surface area contributed by atoms with Crippen LogP contribution >= 0.6 is 11.3 Å². The van der Waals surface area contributed by atoms with Gasteiger partial charge in [-0.15, -0.1) is 11.3 Å². The predicted octanol–water partition coefficient (Wildman–Crippen LogP) is 2.32. The Balaban J connectivity index is 1.88. The number of hydrogen-bond acceptors (Lipinski definition) is 5. The van der Waals surface area contributed by atoms with E-state index in [9.17, 15) is 0 Å². The maximum absolute atomic E-state index is 5.66. The molecule has 0 bridgehead atoms. The van der Waals surface area contributed by atoms with E-state index >= 15 is 0 Å². The van der Waals surface area contributed by atoms with Gasteiger partial charge in [-0.05, 0) is 27.8 Å². The summed E-state index contributed by atoms with van der Waals surface area (Å²) in [5.41, 5.74) is 3.64. The van der Waals surface area contributed by atoms with Crippen LogP contribution in [0.5, 0.6) is 0 Å². The van der Waals surface area contributed by atoms with Gasteiger partial charge in [0.2, 0.25) is 0 Å². The zero-order valence-corrected chi connectivity index (χ0v) is 13.9. The summed E-state index contributed by atoms with van der Waals surface area (Å²) in [6, 6.07) is 0.311. The minimum atomic E-state index is 0.311. The molecule has 0 amide bonds. The van der Waals surface area contributed by atoms with Gasteiger partial charge in [-0.1, -0.05) is 0 Å². The van der Waals surface area contributed by atoms with E-state index in [1.54, 1.807) is 11.3 Å².